The lowest BCUT2D eigenvalue weighted by Gasteiger charge is -2.34. The van der Waals surface area contributed by atoms with Crippen LogP contribution in [0, 0.1) is 5.41 Å². The minimum Gasteiger partial charge on any atom is -0.481 e. The smallest absolute Gasteiger partial charge is 0.329 e. The molecule has 0 bridgehead atoms. The van der Waals surface area contributed by atoms with E-state index in [4.69, 9.17) is 4.74 Å². The molecule has 27 heavy (non-hydrogen) atoms. The molecule has 1 aromatic rings. The Balaban J connectivity index is 2.06. The topological polar surface area (TPSA) is 83.9 Å². The number of ether oxygens (including phenoxy) is 1. The average Bonchev–Trinajstić information content (AvgIpc) is 3.14. The van der Waals surface area contributed by atoms with Gasteiger partial charge in [-0.2, -0.15) is 0 Å². The van der Waals surface area contributed by atoms with E-state index < -0.39 is 23.4 Å². The van der Waals surface area contributed by atoms with Gasteiger partial charge in [0.25, 0.3) is 0 Å². The van der Waals surface area contributed by atoms with Gasteiger partial charge in [0.05, 0.1) is 11.8 Å². The zero-order valence-corrected chi connectivity index (χ0v) is 16.1. The van der Waals surface area contributed by atoms with Crippen molar-refractivity contribution in [3.8, 4) is 0 Å². The van der Waals surface area contributed by atoms with Crippen LogP contribution in [0.25, 0.3) is 0 Å². The number of carbonyl (C=O) groups is 3. The molecule has 1 heterocycles. The Morgan fingerprint density at radius 1 is 1.26 bits per heavy atom. The molecule has 0 unspecified atom stereocenters. The molecule has 2 rings (SSSR count). The molecule has 6 heteroatoms. The number of esters is 1. The van der Waals surface area contributed by atoms with Gasteiger partial charge in [0.2, 0.25) is 5.91 Å². The van der Waals surface area contributed by atoms with Gasteiger partial charge in [0.15, 0.2) is 0 Å². The zero-order valence-electron chi connectivity index (χ0n) is 16.1. The number of nitrogens with zero attached hydrogens (tertiary/aromatic N) is 1. The Kier molecular flexibility index (Phi) is 7.39. The molecule has 1 aliphatic rings. The fraction of sp³-hybridized carbons (Fsp3) is 0.571. The number of hydrogen-bond acceptors (Lipinski definition) is 4. The molecule has 1 aromatic carbocycles. The number of amides is 1. The van der Waals surface area contributed by atoms with Gasteiger partial charge in [0.1, 0.15) is 12.6 Å². The van der Waals surface area contributed by atoms with Gasteiger partial charge in [0, 0.05) is 6.54 Å². The van der Waals surface area contributed by atoms with Crippen LogP contribution in [0.15, 0.2) is 30.3 Å². The molecule has 0 aromatic heterocycles. The van der Waals surface area contributed by atoms with Crippen LogP contribution in [-0.4, -0.2) is 40.4 Å². The third kappa shape index (κ3) is 5.55. The molecule has 1 N–H and O–H groups in total. The monoisotopic (exact) mass is 375 g/mol. The highest BCUT2D eigenvalue weighted by molar-refractivity contribution is 5.90. The van der Waals surface area contributed by atoms with Crippen LogP contribution in [0.3, 0.4) is 0 Å². The molecule has 0 spiro atoms. The van der Waals surface area contributed by atoms with Crippen molar-refractivity contribution in [1.82, 2.24) is 4.90 Å². The summed E-state index contributed by atoms with van der Waals surface area (Å²) in [5.74, 6) is -1.67. The number of carboxylic acids is 1. The number of unbranched alkanes of at least 4 members (excludes halogenated alkanes) is 1. The number of carboxylic acid groups (broad SMARTS) is 1. The fourth-order valence-corrected chi connectivity index (χ4v) is 3.60. The number of carbonyl (C=O) groups excluding carboxylic acids is 2. The van der Waals surface area contributed by atoms with Gasteiger partial charge in [-0.15, -0.1) is 0 Å². The van der Waals surface area contributed by atoms with Crippen LogP contribution in [0.2, 0.25) is 0 Å². The van der Waals surface area contributed by atoms with E-state index >= 15 is 0 Å². The number of benzene rings is 1. The summed E-state index contributed by atoms with van der Waals surface area (Å²) in [6.45, 7) is 4.33. The predicted octanol–water partition coefficient (Wildman–Crippen LogP) is 3.39. The Bertz CT molecular complexity index is 660. The van der Waals surface area contributed by atoms with Crippen LogP contribution in [-0.2, 0) is 25.7 Å². The third-order valence-electron chi connectivity index (χ3n) is 5.15. The van der Waals surface area contributed by atoms with Gasteiger partial charge in [-0.05, 0) is 24.8 Å². The molecule has 148 valence electrons. The van der Waals surface area contributed by atoms with Crippen LogP contribution in [0.1, 0.15) is 57.9 Å². The van der Waals surface area contributed by atoms with Crippen molar-refractivity contribution < 1.29 is 24.2 Å². The molecule has 0 aliphatic carbocycles. The first-order valence-electron chi connectivity index (χ1n) is 9.61. The van der Waals surface area contributed by atoms with Gasteiger partial charge in [-0.1, -0.05) is 57.0 Å². The molecule has 0 saturated carbocycles. The van der Waals surface area contributed by atoms with E-state index in [9.17, 15) is 19.5 Å². The van der Waals surface area contributed by atoms with Crippen LogP contribution in [0.5, 0.6) is 0 Å². The minimum absolute atomic E-state index is 0.167. The van der Waals surface area contributed by atoms with Crippen molar-refractivity contribution >= 4 is 17.8 Å². The lowest BCUT2D eigenvalue weighted by molar-refractivity contribution is -0.159. The van der Waals surface area contributed by atoms with E-state index in [2.05, 4.69) is 0 Å². The SMILES string of the molecule is CCCC[C@](C)(CC(=O)O)C(=O)N1CCC[C@H]1C(=O)OCc1ccccc1. The summed E-state index contributed by atoms with van der Waals surface area (Å²) in [5.41, 5.74) is -0.107. The van der Waals surface area contributed by atoms with Crippen LogP contribution in [0.4, 0.5) is 0 Å². The van der Waals surface area contributed by atoms with E-state index in [0.29, 0.717) is 25.8 Å². The molecule has 0 radical (unpaired) electrons. The molecule has 1 fully saturated rings. The molecule has 6 nitrogen and oxygen atoms in total. The second-order valence-electron chi connectivity index (χ2n) is 7.48. The summed E-state index contributed by atoms with van der Waals surface area (Å²) in [5, 5.41) is 9.26. The number of aliphatic carboxylic acids is 1. The highest BCUT2D eigenvalue weighted by atomic mass is 16.5. The van der Waals surface area contributed by atoms with Gasteiger partial charge in [-0.25, -0.2) is 4.79 Å². The summed E-state index contributed by atoms with van der Waals surface area (Å²) in [6, 6.07) is 8.76. The van der Waals surface area contributed by atoms with Gasteiger partial charge >= 0.3 is 11.9 Å². The quantitative estimate of drug-likeness (QED) is 0.669. The first-order chi connectivity index (χ1) is 12.9. The summed E-state index contributed by atoms with van der Waals surface area (Å²) in [6.07, 6.45) is 3.19. The largest absolute Gasteiger partial charge is 0.481 e. The minimum atomic E-state index is -0.996. The van der Waals surface area contributed by atoms with E-state index in [-0.39, 0.29) is 18.9 Å². The molecule has 2 atom stereocenters. The summed E-state index contributed by atoms with van der Waals surface area (Å²) in [7, 11) is 0. The first-order valence-corrected chi connectivity index (χ1v) is 9.61. The van der Waals surface area contributed by atoms with E-state index in [0.717, 1.165) is 18.4 Å². The van der Waals surface area contributed by atoms with Crippen molar-refractivity contribution in [2.24, 2.45) is 5.41 Å². The Hall–Kier alpha value is -2.37. The third-order valence-corrected chi connectivity index (χ3v) is 5.15. The second-order valence-corrected chi connectivity index (χ2v) is 7.48. The first kappa shape index (κ1) is 20.9. The van der Waals surface area contributed by atoms with Crippen molar-refractivity contribution in [1.29, 1.82) is 0 Å². The maximum absolute atomic E-state index is 13.2. The lowest BCUT2D eigenvalue weighted by Crippen LogP contribution is -2.48. The van der Waals surface area contributed by atoms with Crippen LogP contribution >= 0.6 is 0 Å². The van der Waals surface area contributed by atoms with Gasteiger partial charge in [-0.3, -0.25) is 9.59 Å². The molecular formula is C21H29NO5. The fourth-order valence-electron chi connectivity index (χ4n) is 3.60. The molecule has 1 amide bonds. The Morgan fingerprint density at radius 3 is 2.59 bits per heavy atom. The summed E-state index contributed by atoms with van der Waals surface area (Å²) < 4.78 is 5.42. The maximum Gasteiger partial charge on any atom is 0.329 e. The summed E-state index contributed by atoms with van der Waals surface area (Å²) in [4.78, 5) is 38.6. The number of hydrogen-bond donors (Lipinski definition) is 1. The zero-order chi connectivity index (χ0) is 19.9. The average molecular weight is 375 g/mol. The van der Waals surface area contributed by atoms with E-state index in [1.54, 1.807) is 6.92 Å². The Morgan fingerprint density at radius 2 is 1.96 bits per heavy atom. The van der Waals surface area contributed by atoms with Crippen molar-refractivity contribution in [2.75, 3.05) is 6.54 Å². The van der Waals surface area contributed by atoms with E-state index in [1.807, 2.05) is 37.3 Å². The highest BCUT2D eigenvalue weighted by Gasteiger charge is 2.44. The maximum atomic E-state index is 13.2. The number of rotatable bonds is 9. The second kappa shape index (κ2) is 9.53. The standard InChI is InChI=1S/C21H29NO5/c1-3-4-12-21(2,14-18(23)24)20(26)22-13-8-11-17(22)19(25)27-15-16-9-6-5-7-10-16/h5-7,9-10,17H,3-4,8,11-15H2,1-2H3,(H,23,24)/t17-,21+/m0/s1. The van der Waals surface area contributed by atoms with Crippen molar-refractivity contribution in [2.45, 2.75) is 65.0 Å². The Labute approximate surface area is 160 Å². The molecule has 1 aliphatic heterocycles. The highest BCUT2D eigenvalue weighted by Crippen LogP contribution is 2.34. The number of likely N-dealkylation sites (tertiary alicyclic amines) is 1. The normalized spacial score (nSPS) is 18.7. The lowest BCUT2D eigenvalue weighted by atomic mass is 9.80. The molecular weight excluding hydrogens is 346 g/mol. The van der Waals surface area contributed by atoms with E-state index in [1.165, 1.54) is 4.90 Å². The van der Waals surface area contributed by atoms with Crippen molar-refractivity contribution in [3.05, 3.63) is 35.9 Å². The summed E-state index contributed by atoms with van der Waals surface area (Å²) >= 11 is 0. The van der Waals surface area contributed by atoms with Gasteiger partial charge < -0.3 is 14.7 Å². The predicted molar refractivity (Wildman–Crippen MR) is 101 cm³/mol. The van der Waals surface area contributed by atoms with Crippen LogP contribution < -0.4 is 0 Å². The van der Waals surface area contributed by atoms with Crippen molar-refractivity contribution in [3.63, 3.8) is 0 Å². The molecule has 1 saturated heterocycles.